The number of hydrogen-bond donors (Lipinski definition) is 2. The van der Waals surface area contributed by atoms with Gasteiger partial charge in [-0.25, -0.2) is 4.39 Å². The van der Waals surface area contributed by atoms with Crippen LogP contribution in [0.2, 0.25) is 0 Å². The van der Waals surface area contributed by atoms with Crippen molar-refractivity contribution in [2.45, 2.75) is 6.54 Å². The number of hydrogen-bond acceptors (Lipinski definition) is 3. The Balaban J connectivity index is 2.02. The van der Waals surface area contributed by atoms with E-state index in [9.17, 15) is 4.39 Å². The van der Waals surface area contributed by atoms with Crippen LogP contribution < -0.4 is 11.1 Å². The molecule has 16 heavy (non-hydrogen) atoms. The molecule has 1 aromatic carbocycles. The third kappa shape index (κ3) is 2.74. The predicted molar refractivity (Wildman–Crippen MR) is 70.2 cm³/mol. The molecule has 0 saturated heterocycles. The van der Waals surface area contributed by atoms with E-state index in [1.807, 2.05) is 12.1 Å². The second-order valence-corrected chi connectivity index (χ2v) is 5.84. The highest BCUT2D eigenvalue weighted by molar-refractivity contribution is 9.11. The summed E-state index contributed by atoms with van der Waals surface area (Å²) >= 11 is 5.04. The summed E-state index contributed by atoms with van der Waals surface area (Å²) in [5, 5.41) is 3.14. The van der Waals surface area contributed by atoms with Gasteiger partial charge in [-0.05, 0) is 46.3 Å². The monoisotopic (exact) mass is 300 g/mol. The quantitative estimate of drug-likeness (QED) is 0.845. The Bertz CT molecular complexity index is 498. The van der Waals surface area contributed by atoms with Crippen LogP contribution in [0.5, 0.6) is 0 Å². The highest BCUT2D eigenvalue weighted by Gasteiger charge is 2.01. The van der Waals surface area contributed by atoms with Crippen LogP contribution in [0.15, 0.2) is 34.1 Å². The maximum absolute atomic E-state index is 13.1. The topological polar surface area (TPSA) is 38.0 Å². The first-order chi connectivity index (χ1) is 7.65. The minimum absolute atomic E-state index is 0.171. The normalized spacial score (nSPS) is 10.4. The van der Waals surface area contributed by atoms with Crippen LogP contribution in [-0.4, -0.2) is 0 Å². The van der Waals surface area contributed by atoms with E-state index in [2.05, 4.69) is 21.2 Å². The summed E-state index contributed by atoms with van der Waals surface area (Å²) in [6.07, 6.45) is 0. The number of nitrogens with one attached hydrogen (secondary N) is 1. The number of nitrogens with two attached hydrogens (primary N) is 1. The number of rotatable bonds is 3. The summed E-state index contributed by atoms with van der Waals surface area (Å²) in [5.74, 6) is -0.391. The molecule has 0 atom stereocenters. The smallest absolute Gasteiger partial charge is 0.148 e. The van der Waals surface area contributed by atoms with Gasteiger partial charge < -0.3 is 11.1 Å². The molecule has 3 N–H and O–H groups in total. The standard InChI is InChI=1S/C11H10BrFN2S/c12-11-4-2-8(16-11)6-15-7-1-3-10(14)9(13)5-7/h1-5,15H,6,14H2. The summed E-state index contributed by atoms with van der Waals surface area (Å²) in [6, 6.07) is 8.74. The summed E-state index contributed by atoms with van der Waals surface area (Å²) in [4.78, 5) is 1.18. The fourth-order valence-electron chi connectivity index (χ4n) is 1.27. The van der Waals surface area contributed by atoms with Crippen LogP contribution in [0, 0.1) is 5.82 Å². The number of nitrogen functional groups attached to an aromatic ring is 1. The number of thiophene rings is 1. The van der Waals surface area contributed by atoms with Crippen molar-refractivity contribution in [1.29, 1.82) is 0 Å². The van der Waals surface area contributed by atoms with Gasteiger partial charge in [-0.3, -0.25) is 0 Å². The Morgan fingerprint density at radius 3 is 2.75 bits per heavy atom. The molecule has 0 saturated carbocycles. The Kier molecular flexibility index (Phi) is 3.46. The molecular weight excluding hydrogens is 291 g/mol. The zero-order valence-corrected chi connectivity index (χ0v) is 10.7. The van der Waals surface area contributed by atoms with E-state index in [4.69, 9.17) is 5.73 Å². The molecule has 2 nitrogen and oxygen atoms in total. The molecule has 0 aliphatic carbocycles. The van der Waals surface area contributed by atoms with Gasteiger partial charge in [0.05, 0.1) is 9.47 Å². The van der Waals surface area contributed by atoms with Crippen LogP contribution in [0.4, 0.5) is 15.8 Å². The van der Waals surface area contributed by atoms with Gasteiger partial charge >= 0.3 is 0 Å². The van der Waals surface area contributed by atoms with Crippen molar-refractivity contribution < 1.29 is 4.39 Å². The molecule has 1 heterocycles. The molecule has 1 aromatic heterocycles. The Morgan fingerprint density at radius 2 is 2.12 bits per heavy atom. The lowest BCUT2D eigenvalue weighted by Crippen LogP contribution is -1.99. The van der Waals surface area contributed by atoms with Crippen LogP contribution in [-0.2, 0) is 6.54 Å². The van der Waals surface area contributed by atoms with Crippen LogP contribution in [0.1, 0.15) is 4.88 Å². The van der Waals surface area contributed by atoms with E-state index in [1.54, 1.807) is 23.5 Å². The summed E-state index contributed by atoms with van der Waals surface area (Å²) < 4.78 is 14.2. The predicted octanol–water partition coefficient (Wildman–Crippen LogP) is 3.84. The van der Waals surface area contributed by atoms with Crippen molar-refractivity contribution in [3.63, 3.8) is 0 Å². The van der Waals surface area contributed by atoms with E-state index < -0.39 is 5.82 Å². The summed E-state index contributed by atoms with van der Waals surface area (Å²) in [6.45, 7) is 0.680. The van der Waals surface area contributed by atoms with Gasteiger partial charge in [-0.1, -0.05) is 0 Å². The lowest BCUT2D eigenvalue weighted by atomic mass is 10.2. The van der Waals surface area contributed by atoms with Gasteiger partial charge in [-0.2, -0.15) is 0 Å². The SMILES string of the molecule is Nc1ccc(NCc2ccc(Br)s2)cc1F. The van der Waals surface area contributed by atoms with Gasteiger partial charge in [0.1, 0.15) is 5.82 Å². The van der Waals surface area contributed by atoms with Crippen molar-refractivity contribution in [3.05, 3.63) is 44.8 Å². The molecule has 0 radical (unpaired) electrons. The van der Waals surface area contributed by atoms with Crippen molar-refractivity contribution in [3.8, 4) is 0 Å². The fourth-order valence-corrected chi connectivity index (χ4v) is 2.70. The molecule has 0 aliphatic rings. The van der Waals surface area contributed by atoms with Gasteiger partial charge in [0.2, 0.25) is 0 Å². The average Bonchev–Trinajstić information content (AvgIpc) is 2.66. The first-order valence-electron chi connectivity index (χ1n) is 4.68. The highest BCUT2D eigenvalue weighted by Crippen LogP contribution is 2.23. The van der Waals surface area contributed by atoms with E-state index in [0.29, 0.717) is 6.54 Å². The summed E-state index contributed by atoms with van der Waals surface area (Å²) in [7, 11) is 0. The second-order valence-electron chi connectivity index (χ2n) is 3.30. The number of benzene rings is 1. The Labute approximate surface area is 105 Å². The molecule has 0 aliphatic heterocycles. The molecule has 2 rings (SSSR count). The zero-order chi connectivity index (χ0) is 11.5. The number of anilines is 2. The Morgan fingerprint density at radius 1 is 1.31 bits per heavy atom. The van der Waals surface area contributed by atoms with E-state index in [0.717, 1.165) is 9.47 Å². The van der Waals surface area contributed by atoms with E-state index in [1.165, 1.54) is 10.9 Å². The summed E-state index contributed by atoms with van der Waals surface area (Å²) in [5.41, 5.74) is 6.30. The average molecular weight is 301 g/mol. The minimum Gasteiger partial charge on any atom is -0.396 e. The lowest BCUT2D eigenvalue weighted by molar-refractivity contribution is 0.633. The molecule has 84 valence electrons. The van der Waals surface area contributed by atoms with E-state index in [-0.39, 0.29) is 5.69 Å². The van der Waals surface area contributed by atoms with Crippen molar-refractivity contribution in [1.82, 2.24) is 0 Å². The zero-order valence-electron chi connectivity index (χ0n) is 8.34. The Hall–Kier alpha value is -1.07. The van der Waals surface area contributed by atoms with Crippen LogP contribution in [0.25, 0.3) is 0 Å². The molecule has 0 unspecified atom stereocenters. The lowest BCUT2D eigenvalue weighted by Gasteiger charge is -2.05. The molecule has 2 aromatic rings. The largest absolute Gasteiger partial charge is 0.396 e. The van der Waals surface area contributed by atoms with Crippen molar-refractivity contribution >= 4 is 38.6 Å². The van der Waals surface area contributed by atoms with Crippen LogP contribution >= 0.6 is 27.3 Å². The van der Waals surface area contributed by atoms with Crippen molar-refractivity contribution in [2.24, 2.45) is 0 Å². The highest BCUT2D eigenvalue weighted by atomic mass is 79.9. The van der Waals surface area contributed by atoms with Gasteiger partial charge in [0, 0.05) is 17.1 Å². The second kappa shape index (κ2) is 4.84. The molecule has 0 fully saturated rings. The minimum atomic E-state index is -0.391. The van der Waals surface area contributed by atoms with Gasteiger partial charge in [-0.15, -0.1) is 11.3 Å². The molecule has 0 amide bonds. The maximum atomic E-state index is 13.1. The number of halogens is 2. The van der Waals surface area contributed by atoms with Gasteiger partial charge in [0.15, 0.2) is 0 Å². The third-order valence-electron chi connectivity index (χ3n) is 2.10. The third-order valence-corrected chi connectivity index (χ3v) is 3.72. The molecule has 0 bridgehead atoms. The molecule has 0 spiro atoms. The van der Waals surface area contributed by atoms with Gasteiger partial charge in [0.25, 0.3) is 0 Å². The van der Waals surface area contributed by atoms with E-state index >= 15 is 0 Å². The maximum Gasteiger partial charge on any atom is 0.148 e. The van der Waals surface area contributed by atoms with Crippen molar-refractivity contribution in [2.75, 3.05) is 11.1 Å². The molecule has 5 heteroatoms. The molecular formula is C11H10BrFN2S. The first kappa shape index (κ1) is 11.4. The first-order valence-corrected chi connectivity index (χ1v) is 6.29. The fraction of sp³-hybridized carbons (Fsp3) is 0.0909. The van der Waals surface area contributed by atoms with Crippen LogP contribution in [0.3, 0.4) is 0 Å².